The maximum absolute atomic E-state index is 12.7. The Kier molecular flexibility index (Phi) is 4.28. The summed E-state index contributed by atoms with van der Waals surface area (Å²) in [6, 6.07) is 1.78. The molecule has 1 saturated heterocycles. The number of carboxylic acid groups (broad SMARTS) is 1. The van der Waals surface area contributed by atoms with Crippen molar-refractivity contribution in [1.29, 1.82) is 0 Å². The highest BCUT2D eigenvalue weighted by Gasteiger charge is 2.34. The topological polar surface area (TPSA) is 84.7 Å². The van der Waals surface area contributed by atoms with Crippen molar-refractivity contribution in [3.05, 3.63) is 17.5 Å². The molecule has 1 aliphatic heterocycles. The van der Waals surface area contributed by atoms with Gasteiger partial charge in [0.25, 0.3) is 5.91 Å². The SMILES string of the molecule is C[C@@H]1CN(C(=O)c2cc(C(C)(C)C)nn2C)CC(C(=O)O)O1. The number of aliphatic carboxylic acids is 1. The van der Waals surface area contributed by atoms with Crippen molar-refractivity contribution in [3.8, 4) is 0 Å². The van der Waals surface area contributed by atoms with E-state index in [4.69, 9.17) is 9.84 Å². The van der Waals surface area contributed by atoms with E-state index in [-0.39, 0.29) is 24.0 Å². The van der Waals surface area contributed by atoms with Crippen LogP contribution in [0.25, 0.3) is 0 Å². The molecule has 1 aromatic heterocycles. The van der Waals surface area contributed by atoms with Crippen molar-refractivity contribution in [2.24, 2.45) is 7.05 Å². The zero-order valence-electron chi connectivity index (χ0n) is 13.7. The summed E-state index contributed by atoms with van der Waals surface area (Å²) >= 11 is 0. The van der Waals surface area contributed by atoms with Crippen LogP contribution in [-0.4, -0.2) is 57.0 Å². The number of rotatable bonds is 2. The number of carbonyl (C=O) groups is 2. The number of carbonyl (C=O) groups excluding carboxylic acids is 1. The molecule has 0 saturated carbocycles. The molecule has 2 rings (SSSR count). The summed E-state index contributed by atoms with van der Waals surface area (Å²) in [6.07, 6.45) is -1.29. The fraction of sp³-hybridized carbons (Fsp3) is 0.667. The molecular formula is C15H23N3O4. The lowest BCUT2D eigenvalue weighted by Crippen LogP contribution is -2.52. The van der Waals surface area contributed by atoms with Crippen molar-refractivity contribution in [1.82, 2.24) is 14.7 Å². The van der Waals surface area contributed by atoms with Crippen LogP contribution in [0.5, 0.6) is 0 Å². The summed E-state index contributed by atoms with van der Waals surface area (Å²) in [4.78, 5) is 25.3. The van der Waals surface area contributed by atoms with Crippen LogP contribution in [0.3, 0.4) is 0 Å². The molecule has 0 aliphatic carbocycles. The molecule has 1 N–H and O–H groups in total. The molecule has 0 bridgehead atoms. The molecule has 1 aromatic rings. The lowest BCUT2D eigenvalue weighted by molar-refractivity contribution is -0.160. The fourth-order valence-electron chi connectivity index (χ4n) is 2.45. The zero-order chi connectivity index (χ0) is 16.7. The Morgan fingerprint density at radius 3 is 2.50 bits per heavy atom. The van der Waals surface area contributed by atoms with Gasteiger partial charge in [-0.25, -0.2) is 4.79 Å². The highest BCUT2D eigenvalue weighted by molar-refractivity contribution is 5.93. The van der Waals surface area contributed by atoms with Gasteiger partial charge in [-0.15, -0.1) is 0 Å². The Balaban J connectivity index is 2.24. The summed E-state index contributed by atoms with van der Waals surface area (Å²) in [6.45, 7) is 8.27. The Bertz CT molecular complexity index is 588. The number of hydrogen-bond donors (Lipinski definition) is 1. The molecule has 7 heteroatoms. The minimum absolute atomic E-state index is 0.0501. The summed E-state index contributed by atoms with van der Waals surface area (Å²) in [5.41, 5.74) is 1.13. The molecular weight excluding hydrogens is 286 g/mol. The van der Waals surface area contributed by atoms with Crippen molar-refractivity contribution >= 4 is 11.9 Å². The second-order valence-corrected chi connectivity index (χ2v) is 6.77. The van der Waals surface area contributed by atoms with Crippen molar-refractivity contribution in [3.63, 3.8) is 0 Å². The number of carboxylic acids is 1. The van der Waals surface area contributed by atoms with Crippen LogP contribution in [0.1, 0.15) is 43.9 Å². The molecule has 1 fully saturated rings. The van der Waals surface area contributed by atoms with Gasteiger partial charge in [0.15, 0.2) is 6.10 Å². The Morgan fingerprint density at radius 2 is 2.00 bits per heavy atom. The maximum Gasteiger partial charge on any atom is 0.334 e. The van der Waals surface area contributed by atoms with Gasteiger partial charge in [0.2, 0.25) is 0 Å². The molecule has 0 radical (unpaired) electrons. The van der Waals surface area contributed by atoms with E-state index in [1.807, 2.05) is 20.8 Å². The first-order valence-corrected chi connectivity index (χ1v) is 7.31. The minimum atomic E-state index is -1.05. The van der Waals surface area contributed by atoms with E-state index in [0.29, 0.717) is 12.2 Å². The second-order valence-electron chi connectivity index (χ2n) is 6.77. The molecule has 7 nitrogen and oxygen atoms in total. The second kappa shape index (κ2) is 5.72. The standard InChI is InChI=1S/C15H23N3O4/c1-9-7-18(8-11(22-9)14(20)21)13(19)10-6-12(15(2,3)4)16-17(10)5/h6,9,11H,7-8H2,1-5H3,(H,20,21)/t9-,11?/m1/s1. The molecule has 1 unspecified atom stereocenters. The number of morpholine rings is 1. The third kappa shape index (κ3) is 3.30. The van der Waals surface area contributed by atoms with Crippen molar-refractivity contribution in [2.45, 2.75) is 45.3 Å². The van der Waals surface area contributed by atoms with Crippen LogP contribution in [0.15, 0.2) is 6.07 Å². The number of amides is 1. The van der Waals surface area contributed by atoms with E-state index in [1.165, 1.54) is 4.90 Å². The van der Waals surface area contributed by atoms with Gasteiger partial charge >= 0.3 is 5.97 Å². The van der Waals surface area contributed by atoms with Gasteiger partial charge in [0, 0.05) is 19.0 Å². The van der Waals surface area contributed by atoms with E-state index in [0.717, 1.165) is 5.69 Å². The third-order valence-corrected chi connectivity index (χ3v) is 3.69. The first-order valence-electron chi connectivity index (χ1n) is 7.31. The fourth-order valence-corrected chi connectivity index (χ4v) is 2.45. The Morgan fingerprint density at radius 1 is 1.36 bits per heavy atom. The highest BCUT2D eigenvalue weighted by Crippen LogP contribution is 2.23. The highest BCUT2D eigenvalue weighted by atomic mass is 16.5. The number of hydrogen-bond acceptors (Lipinski definition) is 4. The summed E-state index contributed by atoms with van der Waals surface area (Å²) in [5.74, 6) is -1.27. The average molecular weight is 309 g/mol. The smallest absolute Gasteiger partial charge is 0.334 e. The minimum Gasteiger partial charge on any atom is -0.479 e. The number of aromatic nitrogens is 2. The van der Waals surface area contributed by atoms with E-state index >= 15 is 0 Å². The first-order chi connectivity index (χ1) is 10.1. The summed E-state index contributed by atoms with van der Waals surface area (Å²) < 4.78 is 6.89. The molecule has 0 aromatic carbocycles. The van der Waals surface area contributed by atoms with Crippen molar-refractivity contribution in [2.75, 3.05) is 13.1 Å². The van der Waals surface area contributed by atoms with Crippen molar-refractivity contribution < 1.29 is 19.4 Å². The molecule has 122 valence electrons. The molecule has 2 heterocycles. The third-order valence-electron chi connectivity index (χ3n) is 3.69. The van der Waals surface area contributed by atoms with E-state index < -0.39 is 12.1 Å². The van der Waals surface area contributed by atoms with Crippen LogP contribution < -0.4 is 0 Å². The molecule has 0 spiro atoms. The predicted molar refractivity (Wildman–Crippen MR) is 79.8 cm³/mol. The van der Waals surface area contributed by atoms with Gasteiger partial charge in [-0.05, 0) is 13.0 Å². The van der Waals surface area contributed by atoms with Gasteiger partial charge < -0.3 is 14.7 Å². The van der Waals surface area contributed by atoms with Crippen LogP contribution in [0, 0.1) is 0 Å². The monoisotopic (exact) mass is 309 g/mol. The van der Waals surface area contributed by atoms with Crippen LogP contribution in [0.2, 0.25) is 0 Å². The van der Waals surface area contributed by atoms with E-state index in [1.54, 1.807) is 24.7 Å². The molecule has 2 atom stereocenters. The number of nitrogens with zero attached hydrogens (tertiary/aromatic N) is 3. The summed E-state index contributed by atoms with van der Waals surface area (Å²) in [7, 11) is 1.72. The maximum atomic E-state index is 12.7. The largest absolute Gasteiger partial charge is 0.479 e. The van der Waals surface area contributed by atoms with Gasteiger partial charge in [-0.2, -0.15) is 5.10 Å². The van der Waals surface area contributed by atoms with Crippen LogP contribution in [0.4, 0.5) is 0 Å². The Hall–Kier alpha value is -1.89. The predicted octanol–water partition coefficient (Wildman–Crippen LogP) is 1.03. The zero-order valence-corrected chi connectivity index (χ0v) is 13.7. The first kappa shape index (κ1) is 16.5. The average Bonchev–Trinajstić information content (AvgIpc) is 2.79. The van der Waals surface area contributed by atoms with E-state index in [2.05, 4.69) is 5.10 Å². The summed E-state index contributed by atoms with van der Waals surface area (Å²) in [5, 5.41) is 13.5. The van der Waals surface area contributed by atoms with Crippen LogP contribution in [-0.2, 0) is 22.0 Å². The lowest BCUT2D eigenvalue weighted by atomic mass is 9.92. The Labute approximate surface area is 129 Å². The quantitative estimate of drug-likeness (QED) is 0.882. The molecule has 1 amide bonds. The van der Waals surface area contributed by atoms with E-state index in [9.17, 15) is 9.59 Å². The van der Waals surface area contributed by atoms with Gasteiger partial charge in [-0.3, -0.25) is 9.48 Å². The number of ether oxygens (including phenoxy) is 1. The van der Waals surface area contributed by atoms with Gasteiger partial charge in [0.05, 0.1) is 18.3 Å². The van der Waals surface area contributed by atoms with Crippen LogP contribution >= 0.6 is 0 Å². The van der Waals surface area contributed by atoms with Gasteiger partial charge in [0.1, 0.15) is 5.69 Å². The number of aryl methyl sites for hydroxylation is 1. The molecule has 1 aliphatic rings. The van der Waals surface area contributed by atoms with Gasteiger partial charge in [-0.1, -0.05) is 20.8 Å². The lowest BCUT2D eigenvalue weighted by Gasteiger charge is -2.34. The normalized spacial score (nSPS) is 22.7. The molecule has 22 heavy (non-hydrogen) atoms.